The molecule has 92 valence electrons. The topological polar surface area (TPSA) is 51.6 Å². The number of pyridine rings is 1. The van der Waals surface area contributed by atoms with Crippen molar-refractivity contribution >= 4 is 0 Å². The van der Waals surface area contributed by atoms with Crippen LogP contribution in [-0.4, -0.2) is 29.4 Å². The Bertz CT molecular complexity index is 392. The van der Waals surface area contributed by atoms with Gasteiger partial charge in [-0.25, -0.2) is 0 Å². The molecule has 3 heterocycles. The Morgan fingerprint density at radius 1 is 1.35 bits per heavy atom. The largest absolute Gasteiger partial charge is 0.495 e. The van der Waals surface area contributed by atoms with Crippen molar-refractivity contribution in [1.82, 2.24) is 4.98 Å². The summed E-state index contributed by atoms with van der Waals surface area (Å²) in [6.07, 6.45) is 5.48. The van der Waals surface area contributed by atoms with Crippen LogP contribution < -0.4 is 4.74 Å². The molecule has 0 amide bonds. The number of nitrogens with zero attached hydrogens (tertiary/aromatic N) is 1. The summed E-state index contributed by atoms with van der Waals surface area (Å²) in [5, 5.41) is 10.7. The van der Waals surface area contributed by atoms with Crippen LogP contribution >= 0.6 is 0 Å². The van der Waals surface area contributed by atoms with Crippen LogP contribution in [0.5, 0.6) is 5.75 Å². The summed E-state index contributed by atoms with van der Waals surface area (Å²) in [7, 11) is 1.61. The highest BCUT2D eigenvalue weighted by Gasteiger charge is 2.45. The SMILES string of the molecule is COc1ccc(C2(O)CC3CCC(C2)O3)nc1. The molecule has 2 bridgehead atoms. The summed E-state index contributed by atoms with van der Waals surface area (Å²) in [6.45, 7) is 0. The quantitative estimate of drug-likeness (QED) is 0.846. The lowest BCUT2D eigenvalue weighted by molar-refractivity contribution is -0.117. The van der Waals surface area contributed by atoms with Gasteiger partial charge in [0.25, 0.3) is 0 Å². The van der Waals surface area contributed by atoms with Crippen molar-refractivity contribution in [3.05, 3.63) is 24.0 Å². The molecule has 1 aromatic heterocycles. The summed E-state index contributed by atoms with van der Waals surface area (Å²) in [6, 6.07) is 3.70. The van der Waals surface area contributed by atoms with Crippen LogP contribution in [0.4, 0.5) is 0 Å². The lowest BCUT2D eigenvalue weighted by Crippen LogP contribution is -2.39. The highest BCUT2D eigenvalue weighted by molar-refractivity contribution is 5.24. The van der Waals surface area contributed by atoms with Gasteiger partial charge in [0.15, 0.2) is 0 Å². The standard InChI is InChI=1S/C13H17NO3/c1-16-11-4-5-12(14-8-11)13(15)6-9-2-3-10(7-13)17-9/h4-5,8-10,15H,2-3,6-7H2,1H3. The third kappa shape index (κ3) is 1.91. The van der Waals surface area contributed by atoms with E-state index in [0.29, 0.717) is 18.6 Å². The van der Waals surface area contributed by atoms with Gasteiger partial charge in [-0.15, -0.1) is 0 Å². The van der Waals surface area contributed by atoms with Crippen molar-refractivity contribution in [3.8, 4) is 5.75 Å². The summed E-state index contributed by atoms with van der Waals surface area (Å²) < 4.78 is 10.8. The summed E-state index contributed by atoms with van der Waals surface area (Å²) in [5.74, 6) is 0.715. The Hall–Kier alpha value is -1.13. The molecular formula is C13H17NO3. The average molecular weight is 235 g/mol. The van der Waals surface area contributed by atoms with Crippen LogP contribution in [0.2, 0.25) is 0 Å². The van der Waals surface area contributed by atoms with E-state index < -0.39 is 5.60 Å². The molecule has 3 rings (SSSR count). The fourth-order valence-electron chi connectivity index (χ4n) is 2.90. The van der Waals surface area contributed by atoms with E-state index in [2.05, 4.69) is 4.98 Å². The lowest BCUT2D eigenvalue weighted by atomic mass is 9.87. The second-order valence-electron chi connectivity index (χ2n) is 4.98. The molecule has 17 heavy (non-hydrogen) atoms. The number of aromatic nitrogens is 1. The van der Waals surface area contributed by atoms with Gasteiger partial charge in [0, 0.05) is 12.8 Å². The molecule has 1 N–H and O–H groups in total. The van der Waals surface area contributed by atoms with Gasteiger partial charge in [-0.3, -0.25) is 4.98 Å². The van der Waals surface area contributed by atoms with Crippen LogP contribution in [-0.2, 0) is 10.3 Å². The average Bonchev–Trinajstić information content (AvgIpc) is 2.69. The molecule has 2 atom stereocenters. The van der Waals surface area contributed by atoms with E-state index in [1.54, 1.807) is 13.3 Å². The zero-order valence-electron chi connectivity index (χ0n) is 9.93. The predicted molar refractivity (Wildman–Crippen MR) is 61.8 cm³/mol. The number of rotatable bonds is 2. The minimum absolute atomic E-state index is 0.197. The molecule has 0 radical (unpaired) electrons. The number of ether oxygens (including phenoxy) is 2. The van der Waals surface area contributed by atoms with Crippen molar-refractivity contribution in [2.75, 3.05) is 7.11 Å². The van der Waals surface area contributed by atoms with Crippen molar-refractivity contribution in [1.29, 1.82) is 0 Å². The molecular weight excluding hydrogens is 218 g/mol. The highest BCUT2D eigenvalue weighted by Crippen LogP contribution is 2.43. The molecule has 2 unspecified atom stereocenters. The summed E-state index contributed by atoms with van der Waals surface area (Å²) in [5.41, 5.74) is -0.0883. The number of hydrogen-bond acceptors (Lipinski definition) is 4. The van der Waals surface area contributed by atoms with Crippen LogP contribution in [0.1, 0.15) is 31.4 Å². The molecule has 4 heteroatoms. The minimum atomic E-state index is -0.823. The van der Waals surface area contributed by atoms with Gasteiger partial charge in [-0.1, -0.05) is 0 Å². The molecule has 0 saturated carbocycles. The number of hydrogen-bond donors (Lipinski definition) is 1. The maximum atomic E-state index is 10.7. The maximum absolute atomic E-state index is 10.7. The van der Waals surface area contributed by atoms with E-state index in [1.165, 1.54) is 0 Å². The van der Waals surface area contributed by atoms with Gasteiger partial charge in [-0.2, -0.15) is 0 Å². The normalized spacial score (nSPS) is 35.9. The van der Waals surface area contributed by atoms with Gasteiger partial charge in [0.1, 0.15) is 11.4 Å². The molecule has 2 saturated heterocycles. The van der Waals surface area contributed by atoms with Gasteiger partial charge in [0.2, 0.25) is 0 Å². The summed E-state index contributed by atoms with van der Waals surface area (Å²) >= 11 is 0. The Kier molecular flexibility index (Phi) is 2.56. The fraction of sp³-hybridized carbons (Fsp3) is 0.615. The second kappa shape index (κ2) is 3.96. The first-order valence-electron chi connectivity index (χ1n) is 6.08. The molecule has 2 fully saturated rings. The molecule has 4 nitrogen and oxygen atoms in total. The fourth-order valence-corrected chi connectivity index (χ4v) is 2.90. The molecule has 2 aliphatic heterocycles. The van der Waals surface area contributed by atoms with Crippen molar-refractivity contribution in [2.24, 2.45) is 0 Å². The van der Waals surface area contributed by atoms with Crippen LogP contribution in [0.25, 0.3) is 0 Å². The zero-order valence-corrected chi connectivity index (χ0v) is 9.93. The van der Waals surface area contributed by atoms with E-state index in [1.807, 2.05) is 12.1 Å². The van der Waals surface area contributed by atoms with Crippen molar-refractivity contribution in [2.45, 2.75) is 43.5 Å². The van der Waals surface area contributed by atoms with E-state index in [-0.39, 0.29) is 12.2 Å². The Balaban J connectivity index is 1.86. The maximum Gasteiger partial charge on any atom is 0.137 e. The van der Waals surface area contributed by atoms with Crippen LogP contribution in [0.3, 0.4) is 0 Å². The van der Waals surface area contributed by atoms with Gasteiger partial charge in [0.05, 0.1) is 31.2 Å². The number of methoxy groups -OCH3 is 1. The van der Waals surface area contributed by atoms with Gasteiger partial charge in [-0.05, 0) is 25.0 Å². The van der Waals surface area contributed by atoms with Gasteiger partial charge < -0.3 is 14.6 Å². The Morgan fingerprint density at radius 3 is 2.59 bits per heavy atom. The first kappa shape index (κ1) is 11.0. The second-order valence-corrected chi connectivity index (χ2v) is 4.98. The van der Waals surface area contributed by atoms with Crippen LogP contribution in [0.15, 0.2) is 18.3 Å². The first-order chi connectivity index (χ1) is 8.19. The third-order valence-electron chi connectivity index (χ3n) is 3.78. The molecule has 0 aliphatic carbocycles. The monoisotopic (exact) mass is 235 g/mol. The molecule has 0 spiro atoms. The predicted octanol–water partition coefficient (Wildman–Crippen LogP) is 1.62. The Labute approximate surface area is 101 Å². The lowest BCUT2D eigenvalue weighted by Gasteiger charge is -2.35. The molecule has 0 aromatic carbocycles. The first-order valence-corrected chi connectivity index (χ1v) is 6.08. The molecule has 1 aromatic rings. The number of fused-ring (bicyclic) bond motifs is 2. The van der Waals surface area contributed by atoms with E-state index >= 15 is 0 Å². The summed E-state index contributed by atoms with van der Waals surface area (Å²) in [4.78, 5) is 4.31. The highest BCUT2D eigenvalue weighted by atomic mass is 16.5. The van der Waals surface area contributed by atoms with E-state index in [4.69, 9.17) is 9.47 Å². The van der Waals surface area contributed by atoms with Crippen molar-refractivity contribution < 1.29 is 14.6 Å². The Morgan fingerprint density at radius 2 is 2.06 bits per heavy atom. The zero-order chi connectivity index (χ0) is 11.9. The molecule has 2 aliphatic rings. The van der Waals surface area contributed by atoms with Crippen molar-refractivity contribution in [3.63, 3.8) is 0 Å². The van der Waals surface area contributed by atoms with Crippen LogP contribution in [0, 0.1) is 0 Å². The smallest absolute Gasteiger partial charge is 0.137 e. The third-order valence-corrected chi connectivity index (χ3v) is 3.78. The van der Waals surface area contributed by atoms with E-state index in [9.17, 15) is 5.11 Å². The van der Waals surface area contributed by atoms with Gasteiger partial charge >= 0.3 is 0 Å². The number of aliphatic hydroxyl groups is 1. The van der Waals surface area contributed by atoms with E-state index in [0.717, 1.165) is 18.5 Å². The minimum Gasteiger partial charge on any atom is -0.495 e.